The zero-order valence-electron chi connectivity index (χ0n) is 13.2. The van der Waals surface area contributed by atoms with Gasteiger partial charge in [-0.05, 0) is 31.7 Å². The maximum absolute atomic E-state index is 11.7. The van der Waals surface area contributed by atoms with Gasteiger partial charge in [-0.2, -0.15) is 0 Å². The molecule has 1 rings (SSSR count). The molecule has 0 aromatic heterocycles. The fraction of sp³-hybridized carbons (Fsp3) is 0.438. The minimum absolute atomic E-state index is 0.101. The number of amidine groups is 1. The highest BCUT2D eigenvalue weighted by molar-refractivity contribution is 5.79. The Balaban J connectivity index is 2.32. The minimum Gasteiger partial charge on any atom is -0.480 e. The van der Waals surface area contributed by atoms with E-state index in [1.807, 2.05) is 30.3 Å². The minimum atomic E-state index is -1.08. The van der Waals surface area contributed by atoms with E-state index >= 15 is 0 Å². The van der Waals surface area contributed by atoms with Crippen LogP contribution < -0.4 is 11.1 Å². The number of amides is 1. The van der Waals surface area contributed by atoms with Crippen LogP contribution in [0.3, 0.4) is 0 Å². The second kappa shape index (κ2) is 10.2. The van der Waals surface area contributed by atoms with Crippen molar-refractivity contribution in [2.24, 2.45) is 10.7 Å². The van der Waals surface area contributed by atoms with Gasteiger partial charge >= 0.3 is 12.1 Å². The number of carboxylic acid groups (broad SMARTS) is 1. The van der Waals surface area contributed by atoms with Crippen LogP contribution >= 0.6 is 0 Å². The van der Waals surface area contributed by atoms with E-state index in [1.54, 1.807) is 6.92 Å². The Hall–Kier alpha value is -2.57. The predicted molar refractivity (Wildman–Crippen MR) is 87.2 cm³/mol. The predicted octanol–water partition coefficient (Wildman–Crippen LogP) is 1.91. The molecule has 0 aliphatic rings. The van der Waals surface area contributed by atoms with Crippen molar-refractivity contribution in [1.82, 2.24) is 5.32 Å². The zero-order chi connectivity index (χ0) is 17.1. The first-order valence-corrected chi connectivity index (χ1v) is 7.45. The van der Waals surface area contributed by atoms with Crippen LogP contribution in [-0.2, 0) is 16.1 Å². The fourth-order valence-electron chi connectivity index (χ4n) is 1.88. The average molecular weight is 321 g/mol. The standard InChI is InChI=1S/C16H23N3O4/c1-12(17)18-10-6-5-9-14(15(20)21)19-16(22)23-11-13-7-3-2-4-8-13/h2-4,7-8,14H,5-6,9-11H2,1H3,(H2,17,18)(H,19,22)(H,20,21)/t14-/m0/s1. The molecule has 0 aliphatic heterocycles. The number of hydrogen-bond acceptors (Lipinski definition) is 4. The molecule has 7 heteroatoms. The Morgan fingerprint density at radius 1 is 1.30 bits per heavy atom. The summed E-state index contributed by atoms with van der Waals surface area (Å²) in [7, 11) is 0. The lowest BCUT2D eigenvalue weighted by Gasteiger charge is -2.14. The number of aliphatic imine (C=N–C) groups is 1. The zero-order valence-corrected chi connectivity index (χ0v) is 13.2. The highest BCUT2D eigenvalue weighted by Gasteiger charge is 2.20. The monoisotopic (exact) mass is 321 g/mol. The Morgan fingerprint density at radius 2 is 2.00 bits per heavy atom. The lowest BCUT2D eigenvalue weighted by molar-refractivity contribution is -0.139. The molecular formula is C16H23N3O4. The van der Waals surface area contributed by atoms with Gasteiger partial charge < -0.3 is 20.9 Å². The molecule has 1 atom stereocenters. The van der Waals surface area contributed by atoms with Gasteiger partial charge in [0.2, 0.25) is 0 Å². The first kappa shape index (κ1) is 18.5. The van der Waals surface area contributed by atoms with Gasteiger partial charge in [-0.15, -0.1) is 0 Å². The second-order valence-corrected chi connectivity index (χ2v) is 5.12. The smallest absolute Gasteiger partial charge is 0.408 e. The number of carboxylic acids is 1. The van der Waals surface area contributed by atoms with Gasteiger partial charge in [-0.1, -0.05) is 30.3 Å². The van der Waals surface area contributed by atoms with Crippen LogP contribution in [0.25, 0.3) is 0 Å². The number of nitrogens with zero attached hydrogens (tertiary/aromatic N) is 1. The summed E-state index contributed by atoms with van der Waals surface area (Å²) in [5.74, 6) is -0.581. The molecule has 0 saturated heterocycles. The third-order valence-corrected chi connectivity index (χ3v) is 3.07. The van der Waals surface area contributed by atoms with E-state index in [0.717, 1.165) is 5.56 Å². The van der Waals surface area contributed by atoms with Crippen LogP contribution in [0.5, 0.6) is 0 Å². The number of carbonyl (C=O) groups is 2. The SMILES string of the molecule is CC(N)=NCCCC[C@H](NC(=O)OCc1ccccc1)C(=O)O. The van der Waals surface area contributed by atoms with Gasteiger partial charge in [0.05, 0.1) is 5.84 Å². The number of benzene rings is 1. The third-order valence-electron chi connectivity index (χ3n) is 3.07. The van der Waals surface area contributed by atoms with E-state index in [9.17, 15) is 9.59 Å². The van der Waals surface area contributed by atoms with Gasteiger partial charge in [-0.3, -0.25) is 4.99 Å². The number of hydrogen-bond donors (Lipinski definition) is 3. The molecule has 1 aromatic rings. The van der Waals surface area contributed by atoms with E-state index in [4.69, 9.17) is 15.6 Å². The van der Waals surface area contributed by atoms with Crippen LogP contribution in [0.4, 0.5) is 4.79 Å². The van der Waals surface area contributed by atoms with Crippen molar-refractivity contribution in [1.29, 1.82) is 0 Å². The molecule has 0 heterocycles. The molecule has 0 fully saturated rings. The molecule has 126 valence electrons. The fourth-order valence-corrected chi connectivity index (χ4v) is 1.88. The first-order valence-electron chi connectivity index (χ1n) is 7.45. The highest BCUT2D eigenvalue weighted by Crippen LogP contribution is 2.04. The van der Waals surface area contributed by atoms with Gasteiger partial charge in [0.15, 0.2) is 0 Å². The van der Waals surface area contributed by atoms with Crippen LogP contribution in [0.15, 0.2) is 35.3 Å². The molecule has 0 saturated carbocycles. The number of aliphatic carboxylic acids is 1. The summed E-state index contributed by atoms with van der Waals surface area (Å²) in [4.78, 5) is 26.9. The Labute approximate surface area is 135 Å². The van der Waals surface area contributed by atoms with Crippen molar-refractivity contribution in [3.8, 4) is 0 Å². The van der Waals surface area contributed by atoms with E-state index in [1.165, 1.54) is 0 Å². The molecular weight excluding hydrogens is 298 g/mol. The molecule has 0 bridgehead atoms. The van der Waals surface area contributed by atoms with Crippen LogP contribution in [0, 0.1) is 0 Å². The quantitative estimate of drug-likeness (QED) is 0.365. The van der Waals surface area contributed by atoms with E-state index in [0.29, 0.717) is 31.6 Å². The lowest BCUT2D eigenvalue weighted by Crippen LogP contribution is -2.41. The molecule has 1 aromatic carbocycles. The van der Waals surface area contributed by atoms with Crippen molar-refractivity contribution in [3.05, 3.63) is 35.9 Å². The Bertz CT molecular complexity index is 527. The highest BCUT2D eigenvalue weighted by atomic mass is 16.5. The maximum Gasteiger partial charge on any atom is 0.408 e. The maximum atomic E-state index is 11.7. The van der Waals surface area contributed by atoms with Crippen LogP contribution in [-0.4, -0.2) is 35.6 Å². The van der Waals surface area contributed by atoms with Crippen molar-refractivity contribution in [2.75, 3.05) is 6.54 Å². The molecule has 23 heavy (non-hydrogen) atoms. The Kier molecular flexibility index (Phi) is 8.20. The normalized spacial score (nSPS) is 12.5. The summed E-state index contributed by atoms with van der Waals surface area (Å²) in [6.45, 7) is 2.35. The number of carbonyl (C=O) groups excluding carboxylic acids is 1. The van der Waals surface area contributed by atoms with E-state index in [-0.39, 0.29) is 6.61 Å². The summed E-state index contributed by atoms with van der Waals surface area (Å²) in [6, 6.07) is 8.20. The summed E-state index contributed by atoms with van der Waals surface area (Å²) < 4.78 is 5.02. The second-order valence-electron chi connectivity index (χ2n) is 5.12. The lowest BCUT2D eigenvalue weighted by atomic mass is 10.1. The largest absolute Gasteiger partial charge is 0.480 e. The first-order chi connectivity index (χ1) is 11.0. The van der Waals surface area contributed by atoms with Gasteiger partial charge in [0, 0.05) is 6.54 Å². The van der Waals surface area contributed by atoms with Gasteiger partial charge in [0.25, 0.3) is 0 Å². The number of nitrogens with one attached hydrogen (secondary N) is 1. The molecule has 1 amide bonds. The van der Waals surface area contributed by atoms with E-state index in [2.05, 4.69) is 10.3 Å². The van der Waals surface area contributed by atoms with Gasteiger partial charge in [-0.25, -0.2) is 9.59 Å². The number of ether oxygens (including phenoxy) is 1. The summed E-state index contributed by atoms with van der Waals surface area (Å²) in [5.41, 5.74) is 6.25. The topological polar surface area (TPSA) is 114 Å². The summed E-state index contributed by atoms with van der Waals surface area (Å²) >= 11 is 0. The number of rotatable bonds is 9. The van der Waals surface area contributed by atoms with Gasteiger partial charge in [0.1, 0.15) is 12.6 Å². The summed E-state index contributed by atoms with van der Waals surface area (Å²) in [5, 5.41) is 11.5. The summed E-state index contributed by atoms with van der Waals surface area (Å²) in [6.07, 6.45) is 0.901. The number of alkyl carbamates (subject to hydrolysis) is 1. The van der Waals surface area contributed by atoms with Crippen molar-refractivity contribution in [2.45, 2.75) is 38.8 Å². The van der Waals surface area contributed by atoms with Crippen molar-refractivity contribution < 1.29 is 19.4 Å². The number of nitrogens with two attached hydrogens (primary N) is 1. The number of unbranched alkanes of at least 4 members (excludes halogenated alkanes) is 1. The van der Waals surface area contributed by atoms with Crippen molar-refractivity contribution >= 4 is 17.9 Å². The third kappa shape index (κ3) is 8.45. The van der Waals surface area contributed by atoms with Crippen molar-refractivity contribution in [3.63, 3.8) is 0 Å². The molecule has 7 nitrogen and oxygen atoms in total. The van der Waals surface area contributed by atoms with Crippen LogP contribution in [0.2, 0.25) is 0 Å². The molecule has 0 radical (unpaired) electrons. The molecule has 0 unspecified atom stereocenters. The Morgan fingerprint density at radius 3 is 2.61 bits per heavy atom. The average Bonchev–Trinajstić information content (AvgIpc) is 2.52. The van der Waals surface area contributed by atoms with Crippen LogP contribution in [0.1, 0.15) is 31.7 Å². The molecule has 4 N–H and O–H groups in total. The molecule has 0 aliphatic carbocycles. The molecule has 0 spiro atoms. The van der Waals surface area contributed by atoms with E-state index < -0.39 is 18.1 Å².